The van der Waals surface area contributed by atoms with E-state index in [2.05, 4.69) is 10.6 Å². The smallest absolute Gasteiger partial charge is 0.220 e. The molecule has 19 heavy (non-hydrogen) atoms. The van der Waals surface area contributed by atoms with E-state index in [1.807, 2.05) is 0 Å². The Labute approximate surface area is 120 Å². The zero-order valence-corrected chi connectivity index (χ0v) is 12.1. The average molecular weight is 293 g/mol. The zero-order valence-electron chi connectivity index (χ0n) is 11.3. The van der Waals surface area contributed by atoms with Crippen LogP contribution in [0.2, 0.25) is 0 Å². The summed E-state index contributed by atoms with van der Waals surface area (Å²) in [5.74, 6) is 0.225. The molecule has 0 aliphatic carbocycles. The van der Waals surface area contributed by atoms with Gasteiger partial charge >= 0.3 is 0 Å². The summed E-state index contributed by atoms with van der Waals surface area (Å²) >= 11 is 0. The van der Waals surface area contributed by atoms with Crippen LogP contribution in [0.1, 0.15) is 32.1 Å². The lowest BCUT2D eigenvalue weighted by Gasteiger charge is -2.22. The van der Waals surface area contributed by atoms with E-state index < -0.39 is 0 Å². The molecule has 5 nitrogen and oxygen atoms in total. The number of halogens is 1. The number of hydrogen-bond acceptors (Lipinski definition) is 4. The molecule has 3 N–H and O–H groups in total. The predicted molar refractivity (Wildman–Crippen MR) is 75.4 cm³/mol. The number of hydrogen-bond donors (Lipinski definition) is 3. The first kappa shape index (κ1) is 16.7. The van der Waals surface area contributed by atoms with Gasteiger partial charge in [0.05, 0.1) is 12.2 Å². The van der Waals surface area contributed by atoms with E-state index >= 15 is 0 Å². The van der Waals surface area contributed by atoms with E-state index in [1.54, 1.807) is 0 Å². The number of aliphatic hydroxyl groups excluding tert-OH is 1. The highest BCUT2D eigenvalue weighted by molar-refractivity contribution is 5.85. The maximum atomic E-state index is 11.7. The van der Waals surface area contributed by atoms with Gasteiger partial charge in [0.2, 0.25) is 5.91 Å². The summed E-state index contributed by atoms with van der Waals surface area (Å²) < 4.78 is 5.59. The van der Waals surface area contributed by atoms with Crippen molar-refractivity contribution in [2.45, 2.75) is 44.3 Å². The van der Waals surface area contributed by atoms with E-state index in [9.17, 15) is 9.90 Å². The highest BCUT2D eigenvalue weighted by Crippen LogP contribution is 2.16. The molecule has 2 fully saturated rings. The van der Waals surface area contributed by atoms with Crippen molar-refractivity contribution in [3.8, 4) is 0 Å². The Morgan fingerprint density at radius 2 is 2.21 bits per heavy atom. The van der Waals surface area contributed by atoms with Gasteiger partial charge in [0.1, 0.15) is 0 Å². The molecule has 112 valence electrons. The molecule has 0 aromatic rings. The second kappa shape index (κ2) is 8.74. The molecule has 0 aromatic carbocycles. The Bertz CT molecular complexity index is 273. The molecular formula is C13H25ClN2O3. The highest BCUT2D eigenvalue weighted by Gasteiger charge is 2.25. The topological polar surface area (TPSA) is 70.6 Å². The van der Waals surface area contributed by atoms with Crippen LogP contribution in [0.3, 0.4) is 0 Å². The highest BCUT2D eigenvalue weighted by atomic mass is 35.5. The molecule has 0 radical (unpaired) electrons. The lowest BCUT2D eigenvalue weighted by atomic mass is 10.0. The second-order valence-electron chi connectivity index (χ2n) is 5.32. The minimum Gasteiger partial charge on any atom is -0.391 e. The fourth-order valence-electron chi connectivity index (χ4n) is 2.59. The minimum atomic E-state index is -0.327. The molecule has 2 aliphatic heterocycles. The fourth-order valence-corrected chi connectivity index (χ4v) is 2.59. The molecule has 2 saturated heterocycles. The number of amides is 1. The van der Waals surface area contributed by atoms with Crippen LogP contribution in [0.4, 0.5) is 0 Å². The summed E-state index contributed by atoms with van der Waals surface area (Å²) in [4.78, 5) is 11.7. The van der Waals surface area contributed by atoms with Crippen molar-refractivity contribution in [3.05, 3.63) is 0 Å². The Morgan fingerprint density at radius 3 is 2.84 bits per heavy atom. The molecule has 0 spiro atoms. The molecule has 2 rings (SSSR count). The van der Waals surface area contributed by atoms with Gasteiger partial charge < -0.3 is 20.5 Å². The molecule has 6 heteroatoms. The summed E-state index contributed by atoms with van der Waals surface area (Å²) in [6.45, 7) is 2.83. The standard InChI is InChI=1S/C13H24N2O3.ClH/c16-12-9-14-7-10(12)8-15-13(17)5-4-11-3-1-2-6-18-11;/h10-12,14,16H,1-9H2,(H,15,17);1H. The number of aliphatic hydroxyl groups is 1. The van der Waals surface area contributed by atoms with Gasteiger partial charge in [0.25, 0.3) is 0 Å². The van der Waals surface area contributed by atoms with E-state index in [4.69, 9.17) is 4.74 Å². The van der Waals surface area contributed by atoms with E-state index in [1.165, 1.54) is 6.42 Å². The normalized spacial score (nSPS) is 30.7. The number of β-amino-alcohol motifs (C(OH)–C–C–N with tert-alkyl or cyclic N) is 1. The largest absolute Gasteiger partial charge is 0.391 e. The summed E-state index contributed by atoms with van der Waals surface area (Å²) in [6.07, 6.45) is 4.73. The second-order valence-corrected chi connectivity index (χ2v) is 5.32. The first-order valence-corrected chi connectivity index (χ1v) is 7.03. The number of ether oxygens (including phenoxy) is 1. The van der Waals surface area contributed by atoms with Crippen LogP contribution >= 0.6 is 12.4 Å². The van der Waals surface area contributed by atoms with Gasteiger partial charge in [-0.1, -0.05) is 0 Å². The maximum absolute atomic E-state index is 11.7. The molecule has 1 amide bonds. The van der Waals surface area contributed by atoms with Crippen molar-refractivity contribution in [1.82, 2.24) is 10.6 Å². The Kier molecular flexibility index (Phi) is 7.68. The van der Waals surface area contributed by atoms with Crippen LogP contribution in [0.5, 0.6) is 0 Å². The van der Waals surface area contributed by atoms with Gasteiger partial charge in [-0.15, -0.1) is 12.4 Å². The van der Waals surface area contributed by atoms with Crippen molar-refractivity contribution < 1.29 is 14.6 Å². The van der Waals surface area contributed by atoms with Crippen LogP contribution in [-0.2, 0) is 9.53 Å². The third-order valence-electron chi connectivity index (χ3n) is 3.83. The quantitative estimate of drug-likeness (QED) is 0.688. The number of nitrogens with one attached hydrogen (secondary N) is 2. The molecule has 0 aromatic heterocycles. The van der Waals surface area contributed by atoms with Gasteiger partial charge in [-0.3, -0.25) is 4.79 Å². The lowest BCUT2D eigenvalue weighted by molar-refractivity contribution is -0.122. The first-order valence-electron chi connectivity index (χ1n) is 7.03. The zero-order chi connectivity index (χ0) is 12.8. The van der Waals surface area contributed by atoms with E-state index in [0.29, 0.717) is 19.5 Å². The summed E-state index contributed by atoms with van der Waals surface area (Å²) in [5.41, 5.74) is 0. The maximum Gasteiger partial charge on any atom is 0.220 e. The van der Waals surface area contributed by atoms with Crippen LogP contribution in [0.15, 0.2) is 0 Å². The van der Waals surface area contributed by atoms with Crippen LogP contribution in [0, 0.1) is 5.92 Å². The molecule has 3 atom stereocenters. The molecular weight excluding hydrogens is 268 g/mol. The van der Waals surface area contributed by atoms with Crippen molar-refractivity contribution >= 4 is 18.3 Å². The Morgan fingerprint density at radius 1 is 1.37 bits per heavy atom. The van der Waals surface area contributed by atoms with Crippen molar-refractivity contribution in [1.29, 1.82) is 0 Å². The SMILES string of the molecule is Cl.O=C(CCC1CCCCO1)NCC1CNCC1O. The lowest BCUT2D eigenvalue weighted by Crippen LogP contribution is -2.34. The van der Waals surface area contributed by atoms with Crippen LogP contribution in [-0.4, -0.2) is 49.5 Å². The van der Waals surface area contributed by atoms with E-state index in [-0.39, 0.29) is 36.4 Å². The van der Waals surface area contributed by atoms with Gasteiger partial charge in [-0.05, 0) is 25.7 Å². The number of carbonyl (C=O) groups is 1. The van der Waals surface area contributed by atoms with Gasteiger partial charge in [-0.25, -0.2) is 0 Å². The summed E-state index contributed by atoms with van der Waals surface area (Å²) in [5, 5.41) is 15.6. The van der Waals surface area contributed by atoms with Crippen LogP contribution in [0.25, 0.3) is 0 Å². The van der Waals surface area contributed by atoms with Crippen molar-refractivity contribution in [2.24, 2.45) is 5.92 Å². The minimum absolute atomic E-state index is 0. The third kappa shape index (κ3) is 5.65. The van der Waals surface area contributed by atoms with Gasteiger partial charge in [0.15, 0.2) is 0 Å². The molecule has 3 unspecified atom stereocenters. The fraction of sp³-hybridized carbons (Fsp3) is 0.923. The van der Waals surface area contributed by atoms with Gasteiger partial charge in [0, 0.05) is 38.6 Å². The molecule has 0 bridgehead atoms. The first-order chi connectivity index (χ1) is 8.75. The average Bonchev–Trinajstić information content (AvgIpc) is 2.81. The Balaban J connectivity index is 0.00000180. The molecule has 2 heterocycles. The van der Waals surface area contributed by atoms with Crippen LogP contribution < -0.4 is 10.6 Å². The summed E-state index contributed by atoms with van der Waals surface area (Å²) in [6, 6.07) is 0. The Hall–Kier alpha value is -0.360. The predicted octanol–water partition coefficient (Wildman–Crippen LogP) is 0.454. The van der Waals surface area contributed by atoms with Gasteiger partial charge in [-0.2, -0.15) is 0 Å². The van der Waals surface area contributed by atoms with Crippen molar-refractivity contribution in [3.63, 3.8) is 0 Å². The molecule has 2 aliphatic rings. The van der Waals surface area contributed by atoms with Crippen molar-refractivity contribution in [2.75, 3.05) is 26.2 Å². The third-order valence-corrected chi connectivity index (χ3v) is 3.83. The number of rotatable bonds is 5. The number of carbonyl (C=O) groups excluding carboxylic acids is 1. The monoisotopic (exact) mass is 292 g/mol. The molecule has 0 saturated carbocycles. The summed E-state index contributed by atoms with van der Waals surface area (Å²) in [7, 11) is 0. The van der Waals surface area contributed by atoms with E-state index in [0.717, 1.165) is 32.4 Å².